The smallest absolute Gasteiger partial charge is 0.268 e. The third-order valence-corrected chi connectivity index (χ3v) is 5.95. The molecule has 0 spiro atoms. The average molecular weight is 400 g/mol. The maximum Gasteiger partial charge on any atom is 0.450 e. The van der Waals surface area contributed by atoms with Crippen molar-refractivity contribution in [2.24, 2.45) is 0 Å². The van der Waals surface area contributed by atoms with E-state index in [0.29, 0.717) is 4.57 Å². The Morgan fingerprint density at radius 1 is 1.35 bits per heavy atom. The lowest BCUT2D eigenvalue weighted by atomic mass is 9.88. The van der Waals surface area contributed by atoms with Crippen molar-refractivity contribution in [3.05, 3.63) is 50.0 Å². The van der Waals surface area contributed by atoms with Crippen molar-refractivity contribution >= 4 is 33.2 Å². The number of aryl methyl sites for hydroxylation is 1. The second-order valence-corrected chi connectivity index (χ2v) is 7.84. The molecule has 3 heterocycles. The highest BCUT2D eigenvalue weighted by molar-refractivity contribution is 7.18. The average Bonchev–Trinajstić information content (AvgIpc) is 2.95. The second kappa shape index (κ2) is 6.06. The summed E-state index contributed by atoms with van der Waals surface area (Å²) >= 11 is 6.96. The number of alkyl halides is 3. The topological polar surface area (TPSA) is 47.8 Å². The summed E-state index contributed by atoms with van der Waals surface area (Å²) in [6.45, 7) is 1.99. The van der Waals surface area contributed by atoms with Gasteiger partial charge in [0.05, 0.1) is 10.4 Å². The fourth-order valence-electron chi connectivity index (χ4n) is 3.44. The first-order valence-corrected chi connectivity index (χ1v) is 9.24. The van der Waals surface area contributed by atoms with Gasteiger partial charge in [0.2, 0.25) is 5.82 Å². The predicted octanol–water partition coefficient (Wildman–Crippen LogP) is 4.95. The molecular formula is C17H13ClF3N3OS. The second-order valence-electron chi connectivity index (χ2n) is 6.32. The fourth-order valence-corrected chi connectivity index (χ4v) is 4.88. The van der Waals surface area contributed by atoms with Gasteiger partial charge in [-0.25, -0.2) is 14.5 Å². The van der Waals surface area contributed by atoms with Crippen LogP contribution in [0.25, 0.3) is 16.0 Å². The van der Waals surface area contributed by atoms with Crippen LogP contribution < -0.4 is 5.56 Å². The number of thiophene rings is 1. The normalized spacial score (nSPS) is 17.5. The zero-order valence-corrected chi connectivity index (χ0v) is 15.2. The van der Waals surface area contributed by atoms with E-state index in [0.717, 1.165) is 29.7 Å². The van der Waals surface area contributed by atoms with Crippen LogP contribution in [0.5, 0.6) is 0 Å². The molecule has 1 atom stereocenters. The highest BCUT2D eigenvalue weighted by Gasteiger charge is 2.39. The summed E-state index contributed by atoms with van der Waals surface area (Å²) in [6, 6.07) is 2.68. The number of halogens is 4. The first-order chi connectivity index (χ1) is 12.3. The Morgan fingerprint density at radius 2 is 2.12 bits per heavy atom. The maximum atomic E-state index is 13.6. The van der Waals surface area contributed by atoms with Gasteiger partial charge in [-0.2, -0.15) is 13.2 Å². The highest BCUT2D eigenvalue weighted by atomic mass is 35.5. The van der Waals surface area contributed by atoms with Gasteiger partial charge < -0.3 is 0 Å². The molecule has 9 heteroatoms. The summed E-state index contributed by atoms with van der Waals surface area (Å²) in [5.41, 5.74) is 0.105. The molecule has 0 fully saturated rings. The largest absolute Gasteiger partial charge is 0.450 e. The van der Waals surface area contributed by atoms with Gasteiger partial charge in [-0.1, -0.05) is 18.5 Å². The summed E-state index contributed by atoms with van der Waals surface area (Å²) in [5, 5.41) is 0.549. The van der Waals surface area contributed by atoms with Crippen LogP contribution >= 0.6 is 22.9 Å². The first kappa shape index (κ1) is 17.5. The Hall–Kier alpha value is -1.93. The van der Waals surface area contributed by atoms with Gasteiger partial charge in [0, 0.05) is 11.1 Å². The molecular weight excluding hydrogens is 387 g/mol. The lowest BCUT2D eigenvalue weighted by Gasteiger charge is -2.19. The van der Waals surface area contributed by atoms with E-state index in [1.165, 1.54) is 29.7 Å². The third kappa shape index (κ3) is 2.72. The summed E-state index contributed by atoms with van der Waals surface area (Å²) in [4.78, 5) is 21.9. The monoisotopic (exact) mass is 399 g/mol. The molecule has 0 bridgehead atoms. The minimum absolute atomic E-state index is 0.116. The van der Waals surface area contributed by atoms with Crippen LogP contribution in [-0.4, -0.2) is 14.5 Å². The Labute approximate surface area is 155 Å². The van der Waals surface area contributed by atoms with Crippen LogP contribution in [0.2, 0.25) is 5.02 Å². The lowest BCUT2D eigenvalue weighted by Crippen LogP contribution is -2.29. The van der Waals surface area contributed by atoms with Crippen molar-refractivity contribution in [3.63, 3.8) is 0 Å². The third-order valence-electron chi connectivity index (χ3n) is 4.57. The quantitative estimate of drug-likeness (QED) is 0.581. The molecule has 136 valence electrons. The standard InChI is InChI=1S/C17H13ClF3N3OS/c1-8-3-2-4-10-12(8)13-14(26-10)23-16(17(19,20)21)24(15(13)25)11-6-5-9(18)7-22-11/h5-8H,2-4H2,1H3. The number of rotatable bonds is 1. The van der Waals surface area contributed by atoms with Crippen LogP contribution in [0.15, 0.2) is 23.1 Å². The SMILES string of the molecule is CC1CCCc2sc3nc(C(F)(F)F)n(-c4ccc(Cl)cn4)c(=O)c3c21. The molecule has 0 radical (unpaired) electrons. The molecule has 0 saturated heterocycles. The molecule has 0 aliphatic heterocycles. The summed E-state index contributed by atoms with van der Waals surface area (Å²) < 4.78 is 41.4. The molecule has 26 heavy (non-hydrogen) atoms. The highest BCUT2D eigenvalue weighted by Crippen LogP contribution is 2.41. The van der Waals surface area contributed by atoms with Crippen molar-refractivity contribution < 1.29 is 13.2 Å². The summed E-state index contributed by atoms with van der Waals surface area (Å²) in [7, 11) is 0. The van der Waals surface area contributed by atoms with E-state index in [1.54, 1.807) is 0 Å². The van der Waals surface area contributed by atoms with Gasteiger partial charge in [0.1, 0.15) is 10.6 Å². The van der Waals surface area contributed by atoms with Crippen molar-refractivity contribution in [1.82, 2.24) is 14.5 Å². The van der Waals surface area contributed by atoms with Crippen LogP contribution in [-0.2, 0) is 12.6 Å². The van der Waals surface area contributed by atoms with Gasteiger partial charge in [0.15, 0.2) is 0 Å². The van der Waals surface area contributed by atoms with Crippen molar-refractivity contribution in [2.75, 3.05) is 0 Å². The summed E-state index contributed by atoms with van der Waals surface area (Å²) in [5.74, 6) is -1.30. The molecule has 3 aromatic rings. The molecule has 0 aromatic carbocycles. The van der Waals surface area contributed by atoms with E-state index in [4.69, 9.17) is 11.6 Å². The molecule has 1 aliphatic rings. The number of fused-ring (bicyclic) bond motifs is 3. The molecule has 1 aliphatic carbocycles. The zero-order chi connectivity index (χ0) is 18.6. The first-order valence-electron chi connectivity index (χ1n) is 8.05. The van der Waals surface area contributed by atoms with E-state index in [-0.39, 0.29) is 27.0 Å². The lowest BCUT2D eigenvalue weighted by molar-refractivity contribution is -0.146. The molecule has 4 rings (SSSR count). The van der Waals surface area contributed by atoms with Gasteiger partial charge >= 0.3 is 6.18 Å². The molecule has 4 nitrogen and oxygen atoms in total. The predicted molar refractivity (Wildman–Crippen MR) is 94.4 cm³/mol. The number of hydrogen-bond donors (Lipinski definition) is 0. The van der Waals surface area contributed by atoms with Crippen LogP contribution in [0.4, 0.5) is 13.2 Å². The van der Waals surface area contributed by atoms with Gasteiger partial charge in [0.25, 0.3) is 5.56 Å². The van der Waals surface area contributed by atoms with E-state index >= 15 is 0 Å². The molecule has 1 unspecified atom stereocenters. The number of aromatic nitrogens is 3. The molecule has 0 N–H and O–H groups in total. The number of pyridine rings is 1. The number of hydrogen-bond acceptors (Lipinski definition) is 4. The molecule has 0 saturated carbocycles. The minimum Gasteiger partial charge on any atom is -0.268 e. The van der Waals surface area contributed by atoms with E-state index < -0.39 is 17.6 Å². The van der Waals surface area contributed by atoms with Gasteiger partial charge in [-0.3, -0.25) is 4.79 Å². The van der Waals surface area contributed by atoms with Crippen LogP contribution in [0, 0.1) is 0 Å². The summed E-state index contributed by atoms with van der Waals surface area (Å²) in [6.07, 6.45) is -0.955. The Morgan fingerprint density at radius 3 is 2.77 bits per heavy atom. The molecule has 3 aromatic heterocycles. The number of nitrogens with zero attached hydrogens (tertiary/aromatic N) is 3. The van der Waals surface area contributed by atoms with E-state index in [9.17, 15) is 18.0 Å². The maximum absolute atomic E-state index is 13.6. The Bertz CT molecular complexity index is 1060. The van der Waals surface area contributed by atoms with E-state index in [1.807, 2.05) is 6.92 Å². The van der Waals surface area contributed by atoms with Gasteiger partial charge in [-0.15, -0.1) is 11.3 Å². The van der Waals surface area contributed by atoms with E-state index in [2.05, 4.69) is 9.97 Å². The van der Waals surface area contributed by atoms with Crippen molar-refractivity contribution in [1.29, 1.82) is 0 Å². The minimum atomic E-state index is -4.79. The molecule has 0 amide bonds. The van der Waals surface area contributed by atoms with Crippen molar-refractivity contribution in [3.8, 4) is 5.82 Å². The van der Waals surface area contributed by atoms with Crippen LogP contribution in [0.3, 0.4) is 0 Å². The van der Waals surface area contributed by atoms with Gasteiger partial charge in [-0.05, 0) is 42.9 Å². The fraction of sp³-hybridized carbons (Fsp3) is 0.353. The Kier molecular flexibility index (Phi) is 4.07. The zero-order valence-electron chi connectivity index (χ0n) is 13.6. The van der Waals surface area contributed by atoms with Crippen molar-refractivity contribution in [2.45, 2.75) is 38.3 Å². The van der Waals surface area contributed by atoms with Crippen LogP contribution in [0.1, 0.15) is 41.9 Å². The Balaban J connectivity index is 2.11.